The van der Waals surface area contributed by atoms with Gasteiger partial charge in [-0.25, -0.2) is 8.78 Å². The number of hydrogen-bond donors (Lipinski definition) is 2. The summed E-state index contributed by atoms with van der Waals surface area (Å²) in [5.74, 6) is -1.19. The fourth-order valence-corrected chi connectivity index (χ4v) is 2.46. The van der Waals surface area contributed by atoms with Gasteiger partial charge in [0.2, 0.25) is 0 Å². The molecule has 0 heterocycles. The molecule has 0 saturated heterocycles. The van der Waals surface area contributed by atoms with Gasteiger partial charge < -0.3 is 14.0 Å². The molecule has 0 aliphatic rings. The molecule has 0 fully saturated rings. The molecule has 2 N–H and O–H groups in total. The summed E-state index contributed by atoms with van der Waals surface area (Å²) in [4.78, 5) is 18.5. The lowest BCUT2D eigenvalue weighted by Gasteiger charge is -2.13. The van der Waals surface area contributed by atoms with Gasteiger partial charge in [0, 0.05) is 19.2 Å². The average Bonchev–Trinajstić information content (AvgIpc) is 2.23. The van der Waals surface area contributed by atoms with E-state index in [0.29, 0.717) is 24.8 Å². The Bertz CT molecular complexity index is 351. The topological polar surface area (TPSA) is 49.7 Å². The minimum atomic E-state index is -3.49. The molecule has 0 radical (unpaired) electrons. The maximum atomic E-state index is 12.8. The van der Waals surface area contributed by atoms with Crippen LogP contribution < -0.4 is 0 Å². The van der Waals surface area contributed by atoms with Gasteiger partial charge >= 0.3 is 8.80 Å². The van der Waals surface area contributed by atoms with Gasteiger partial charge in [-0.3, -0.25) is 0 Å². The van der Waals surface area contributed by atoms with Crippen LogP contribution in [0, 0.1) is 11.6 Å². The highest BCUT2D eigenvalue weighted by Gasteiger charge is 2.29. The summed E-state index contributed by atoms with van der Waals surface area (Å²) in [6, 6.07) is 3.58. The van der Waals surface area contributed by atoms with Crippen LogP contribution in [-0.2, 0) is 10.8 Å². The van der Waals surface area contributed by atoms with Crippen LogP contribution in [0.3, 0.4) is 0 Å². The third-order valence-corrected chi connectivity index (χ3v) is 4.13. The molecular formula is C11H16F2O3Si. The number of unbranched alkanes of at least 4 members (excludes halogenated alkanes) is 1. The Morgan fingerprint density at radius 2 is 1.71 bits per heavy atom. The maximum Gasteiger partial charge on any atom is 0.495 e. The molecule has 1 aromatic rings. The van der Waals surface area contributed by atoms with Gasteiger partial charge in [0.05, 0.1) is 0 Å². The molecule has 0 aliphatic heterocycles. The summed E-state index contributed by atoms with van der Waals surface area (Å²) in [5, 5.41) is 0. The molecule has 0 aromatic heterocycles. The quantitative estimate of drug-likeness (QED) is 0.607. The molecule has 0 unspecified atom stereocenters. The van der Waals surface area contributed by atoms with Crippen LogP contribution in [0.4, 0.5) is 8.78 Å². The second-order valence-electron chi connectivity index (χ2n) is 3.93. The highest BCUT2D eigenvalue weighted by Crippen LogP contribution is 2.14. The summed E-state index contributed by atoms with van der Waals surface area (Å²) >= 11 is 0. The van der Waals surface area contributed by atoms with E-state index in [1.165, 1.54) is 19.2 Å². The van der Waals surface area contributed by atoms with Crippen molar-refractivity contribution in [3.8, 4) is 0 Å². The van der Waals surface area contributed by atoms with Crippen LogP contribution in [0.5, 0.6) is 0 Å². The van der Waals surface area contributed by atoms with Crippen LogP contribution in [0.15, 0.2) is 18.2 Å². The first-order valence-corrected chi connectivity index (χ1v) is 7.39. The second-order valence-corrected chi connectivity index (χ2v) is 6.33. The minimum absolute atomic E-state index is 0.196. The monoisotopic (exact) mass is 262 g/mol. The van der Waals surface area contributed by atoms with Crippen molar-refractivity contribution < 1.29 is 22.8 Å². The smallest absolute Gasteiger partial charge is 0.390 e. The van der Waals surface area contributed by atoms with Crippen molar-refractivity contribution in [2.75, 3.05) is 7.11 Å². The first-order valence-electron chi connectivity index (χ1n) is 5.38. The van der Waals surface area contributed by atoms with Gasteiger partial charge in [-0.15, -0.1) is 0 Å². The van der Waals surface area contributed by atoms with E-state index in [-0.39, 0.29) is 6.04 Å². The number of aryl methyl sites for hydroxylation is 1. The molecule has 96 valence electrons. The van der Waals surface area contributed by atoms with Crippen molar-refractivity contribution in [1.82, 2.24) is 0 Å². The Kier molecular flexibility index (Phi) is 5.19. The first-order chi connectivity index (χ1) is 7.93. The lowest BCUT2D eigenvalue weighted by molar-refractivity contribution is 0.183. The van der Waals surface area contributed by atoms with Gasteiger partial charge in [-0.2, -0.15) is 0 Å². The van der Waals surface area contributed by atoms with Crippen LogP contribution in [0.2, 0.25) is 6.04 Å². The lowest BCUT2D eigenvalue weighted by atomic mass is 10.1. The fraction of sp³-hybridized carbons (Fsp3) is 0.455. The third-order valence-electron chi connectivity index (χ3n) is 2.47. The van der Waals surface area contributed by atoms with Gasteiger partial charge in [0.15, 0.2) is 0 Å². The molecule has 0 amide bonds. The summed E-state index contributed by atoms with van der Waals surface area (Å²) < 4.78 is 30.3. The molecule has 6 heteroatoms. The first kappa shape index (κ1) is 14.2. The van der Waals surface area contributed by atoms with Gasteiger partial charge in [0.25, 0.3) is 0 Å². The molecule has 1 aromatic carbocycles. The largest absolute Gasteiger partial charge is 0.495 e. The van der Waals surface area contributed by atoms with Gasteiger partial charge in [-0.05, 0) is 37.0 Å². The van der Waals surface area contributed by atoms with E-state index in [4.69, 9.17) is 0 Å². The molecule has 0 spiro atoms. The van der Waals surface area contributed by atoms with E-state index in [1.807, 2.05) is 0 Å². The Hall–Kier alpha value is -0.823. The van der Waals surface area contributed by atoms with Gasteiger partial charge in [0.1, 0.15) is 11.6 Å². The van der Waals surface area contributed by atoms with Crippen molar-refractivity contribution in [3.05, 3.63) is 35.4 Å². The number of rotatable bonds is 6. The Morgan fingerprint density at radius 3 is 2.24 bits per heavy atom. The molecule has 0 saturated carbocycles. The van der Waals surface area contributed by atoms with Crippen molar-refractivity contribution >= 4 is 8.80 Å². The summed E-state index contributed by atoms with van der Waals surface area (Å²) in [6.45, 7) is 0. The zero-order valence-corrected chi connectivity index (χ0v) is 10.6. The van der Waals surface area contributed by atoms with E-state index in [9.17, 15) is 18.4 Å². The predicted molar refractivity (Wildman–Crippen MR) is 61.3 cm³/mol. The van der Waals surface area contributed by atoms with Crippen LogP contribution in [0.1, 0.15) is 18.4 Å². The standard InChI is InChI=1S/C11H16F2O3Si/c1-16-17(14,15)5-3-2-4-9-6-10(12)8-11(13)7-9/h6-8,14-15H,2-5H2,1H3. The fourth-order valence-electron chi connectivity index (χ4n) is 1.54. The Balaban J connectivity index is 2.36. The minimum Gasteiger partial charge on any atom is -0.390 e. The van der Waals surface area contributed by atoms with E-state index >= 15 is 0 Å². The summed E-state index contributed by atoms with van der Waals surface area (Å²) in [5.41, 5.74) is 0.572. The molecular weight excluding hydrogens is 246 g/mol. The van der Waals surface area contributed by atoms with Gasteiger partial charge in [-0.1, -0.05) is 0 Å². The number of halogens is 2. The zero-order valence-electron chi connectivity index (χ0n) is 9.62. The molecule has 0 bridgehead atoms. The average molecular weight is 262 g/mol. The normalized spacial score (nSPS) is 11.8. The second kappa shape index (κ2) is 6.20. The molecule has 1 rings (SSSR count). The van der Waals surface area contributed by atoms with Crippen LogP contribution in [-0.4, -0.2) is 25.5 Å². The maximum absolute atomic E-state index is 12.8. The zero-order chi connectivity index (χ0) is 12.9. The molecule has 3 nitrogen and oxygen atoms in total. The SMILES string of the molecule is CO[Si](O)(O)CCCCc1cc(F)cc(F)c1. The van der Waals surface area contributed by atoms with Crippen molar-refractivity contribution in [2.45, 2.75) is 25.3 Å². The molecule has 17 heavy (non-hydrogen) atoms. The molecule has 0 aliphatic carbocycles. The number of benzene rings is 1. The van der Waals surface area contributed by atoms with E-state index in [2.05, 4.69) is 4.43 Å². The highest BCUT2D eigenvalue weighted by molar-refractivity contribution is 6.57. The third kappa shape index (κ3) is 5.36. The van der Waals surface area contributed by atoms with Crippen molar-refractivity contribution in [3.63, 3.8) is 0 Å². The van der Waals surface area contributed by atoms with E-state index in [0.717, 1.165) is 6.07 Å². The molecule has 0 atom stereocenters. The van der Waals surface area contributed by atoms with Crippen molar-refractivity contribution in [1.29, 1.82) is 0 Å². The lowest BCUT2D eigenvalue weighted by Crippen LogP contribution is -2.37. The Morgan fingerprint density at radius 1 is 1.12 bits per heavy atom. The summed E-state index contributed by atoms with van der Waals surface area (Å²) in [7, 11) is -2.23. The van der Waals surface area contributed by atoms with E-state index in [1.54, 1.807) is 0 Å². The van der Waals surface area contributed by atoms with Crippen LogP contribution in [0.25, 0.3) is 0 Å². The number of hydrogen-bond acceptors (Lipinski definition) is 3. The van der Waals surface area contributed by atoms with Crippen molar-refractivity contribution in [2.24, 2.45) is 0 Å². The van der Waals surface area contributed by atoms with Crippen LogP contribution >= 0.6 is 0 Å². The Labute approximate surface area is 100 Å². The summed E-state index contributed by atoms with van der Waals surface area (Å²) in [6.07, 6.45) is 1.68. The van der Waals surface area contributed by atoms with E-state index < -0.39 is 20.4 Å². The highest BCUT2D eigenvalue weighted by atomic mass is 28.4. The predicted octanol–water partition coefficient (Wildman–Crippen LogP) is 1.86.